The zero-order chi connectivity index (χ0) is 10.7. The van der Waals surface area contributed by atoms with Crippen LogP contribution in [0, 0.1) is 12.7 Å². The van der Waals surface area contributed by atoms with Gasteiger partial charge in [0, 0.05) is 0 Å². The van der Waals surface area contributed by atoms with Crippen LogP contribution in [0.1, 0.15) is 22.8 Å². The SMILES string of the molecule is CCOC(=O)c1cc(C)cc(F)c1N. The number of aryl methyl sites for hydroxylation is 1. The van der Waals surface area contributed by atoms with E-state index in [1.54, 1.807) is 13.8 Å². The molecule has 76 valence electrons. The Bertz CT molecular complexity index is 363. The summed E-state index contributed by atoms with van der Waals surface area (Å²) >= 11 is 0. The summed E-state index contributed by atoms with van der Waals surface area (Å²) in [6, 6.07) is 2.79. The van der Waals surface area contributed by atoms with Gasteiger partial charge in [-0.15, -0.1) is 0 Å². The number of nitrogen functional groups attached to an aromatic ring is 1. The first kappa shape index (κ1) is 10.5. The van der Waals surface area contributed by atoms with E-state index in [0.717, 1.165) is 0 Å². The molecule has 3 nitrogen and oxygen atoms in total. The van der Waals surface area contributed by atoms with Crippen molar-refractivity contribution in [1.29, 1.82) is 0 Å². The molecular weight excluding hydrogens is 185 g/mol. The van der Waals surface area contributed by atoms with E-state index in [-0.39, 0.29) is 17.9 Å². The van der Waals surface area contributed by atoms with Crippen LogP contribution in [-0.2, 0) is 4.74 Å². The molecule has 0 saturated heterocycles. The van der Waals surface area contributed by atoms with E-state index >= 15 is 0 Å². The van der Waals surface area contributed by atoms with E-state index in [2.05, 4.69) is 0 Å². The summed E-state index contributed by atoms with van der Waals surface area (Å²) in [5, 5.41) is 0. The highest BCUT2D eigenvalue weighted by molar-refractivity contribution is 5.95. The zero-order valence-electron chi connectivity index (χ0n) is 8.13. The van der Waals surface area contributed by atoms with E-state index in [4.69, 9.17) is 10.5 Å². The molecule has 0 atom stereocenters. The molecule has 0 aliphatic rings. The second-order valence-corrected chi connectivity index (χ2v) is 2.93. The average molecular weight is 197 g/mol. The highest BCUT2D eigenvalue weighted by Crippen LogP contribution is 2.19. The molecule has 1 rings (SSSR count). The third-order valence-corrected chi connectivity index (χ3v) is 1.77. The first-order chi connectivity index (χ1) is 6.56. The Morgan fingerprint density at radius 2 is 2.21 bits per heavy atom. The molecule has 0 fully saturated rings. The van der Waals surface area contributed by atoms with E-state index in [9.17, 15) is 9.18 Å². The molecule has 0 bridgehead atoms. The number of halogens is 1. The van der Waals surface area contributed by atoms with Gasteiger partial charge in [-0.05, 0) is 31.5 Å². The maximum absolute atomic E-state index is 13.1. The van der Waals surface area contributed by atoms with Crippen LogP contribution < -0.4 is 5.73 Å². The van der Waals surface area contributed by atoms with Gasteiger partial charge in [0.25, 0.3) is 0 Å². The zero-order valence-corrected chi connectivity index (χ0v) is 8.13. The highest BCUT2D eigenvalue weighted by Gasteiger charge is 2.14. The summed E-state index contributed by atoms with van der Waals surface area (Å²) in [6.07, 6.45) is 0. The Balaban J connectivity index is 3.13. The van der Waals surface area contributed by atoms with Crippen LogP contribution in [0.15, 0.2) is 12.1 Å². The quantitative estimate of drug-likeness (QED) is 0.581. The molecule has 2 N–H and O–H groups in total. The van der Waals surface area contributed by atoms with Crippen molar-refractivity contribution in [2.45, 2.75) is 13.8 Å². The second-order valence-electron chi connectivity index (χ2n) is 2.93. The van der Waals surface area contributed by atoms with Gasteiger partial charge in [0.2, 0.25) is 0 Å². The normalized spacial score (nSPS) is 9.93. The lowest BCUT2D eigenvalue weighted by atomic mass is 10.1. The lowest BCUT2D eigenvalue weighted by molar-refractivity contribution is 0.0527. The lowest BCUT2D eigenvalue weighted by Crippen LogP contribution is -2.09. The molecule has 1 aromatic rings. The van der Waals surface area contributed by atoms with Gasteiger partial charge in [0.05, 0.1) is 17.9 Å². The van der Waals surface area contributed by atoms with Crippen LogP contribution in [0.25, 0.3) is 0 Å². The van der Waals surface area contributed by atoms with Crippen molar-refractivity contribution in [2.24, 2.45) is 0 Å². The van der Waals surface area contributed by atoms with Crippen molar-refractivity contribution in [1.82, 2.24) is 0 Å². The number of anilines is 1. The summed E-state index contributed by atoms with van der Waals surface area (Å²) in [5.41, 5.74) is 5.97. The van der Waals surface area contributed by atoms with E-state index in [1.165, 1.54) is 12.1 Å². The van der Waals surface area contributed by atoms with Crippen LogP contribution in [0.5, 0.6) is 0 Å². The fraction of sp³-hybridized carbons (Fsp3) is 0.300. The number of esters is 1. The minimum absolute atomic E-state index is 0.0874. The molecular formula is C10H12FNO2. The Morgan fingerprint density at radius 3 is 2.79 bits per heavy atom. The van der Waals surface area contributed by atoms with Gasteiger partial charge in [0.15, 0.2) is 0 Å². The molecule has 0 aliphatic heterocycles. The van der Waals surface area contributed by atoms with Gasteiger partial charge in [-0.3, -0.25) is 0 Å². The number of hydrogen-bond donors (Lipinski definition) is 1. The summed E-state index contributed by atoms with van der Waals surface area (Å²) in [4.78, 5) is 11.3. The van der Waals surface area contributed by atoms with Crippen LogP contribution >= 0.6 is 0 Å². The Morgan fingerprint density at radius 1 is 1.57 bits per heavy atom. The Hall–Kier alpha value is -1.58. The molecule has 14 heavy (non-hydrogen) atoms. The topological polar surface area (TPSA) is 52.3 Å². The maximum Gasteiger partial charge on any atom is 0.340 e. The van der Waals surface area contributed by atoms with Gasteiger partial charge in [-0.25, -0.2) is 9.18 Å². The summed E-state index contributed by atoms with van der Waals surface area (Å²) in [5.74, 6) is -1.18. The number of benzene rings is 1. The maximum atomic E-state index is 13.1. The van der Waals surface area contributed by atoms with Crippen molar-refractivity contribution in [3.63, 3.8) is 0 Å². The summed E-state index contributed by atoms with van der Waals surface area (Å²) in [7, 11) is 0. The van der Waals surface area contributed by atoms with E-state index < -0.39 is 11.8 Å². The largest absolute Gasteiger partial charge is 0.462 e. The number of ether oxygens (including phenoxy) is 1. The fourth-order valence-electron chi connectivity index (χ4n) is 1.13. The lowest BCUT2D eigenvalue weighted by Gasteiger charge is -2.06. The van der Waals surface area contributed by atoms with Crippen molar-refractivity contribution < 1.29 is 13.9 Å². The van der Waals surface area contributed by atoms with E-state index in [0.29, 0.717) is 5.56 Å². The van der Waals surface area contributed by atoms with Crippen molar-refractivity contribution in [2.75, 3.05) is 12.3 Å². The number of carbonyl (C=O) groups is 1. The molecule has 0 heterocycles. The second kappa shape index (κ2) is 4.09. The molecule has 0 aliphatic carbocycles. The van der Waals surface area contributed by atoms with Crippen molar-refractivity contribution in [3.05, 3.63) is 29.1 Å². The van der Waals surface area contributed by atoms with Gasteiger partial charge in [-0.2, -0.15) is 0 Å². The average Bonchev–Trinajstić information content (AvgIpc) is 2.11. The fourth-order valence-corrected chi connectivity index (χ4v) is 1.13. The Labute approximate surface area is 81.7 Å². The number of nitrogens with two attached hydrogens (primary N) is 1. The monoisotopic (exact) mass is 197 g/mol. The van der Waals surface area contributed by atoms with Crippen molar-refractivity contribution in [3.8, 4) is 0 Å². The molecule has 1 aromatic carbocycles. The highest BCUT2D eigenvalue weighted by atomic mass is 19.1. The van der Waals surface area contributed by atoms with Gasteiger partial charge < -0.3 is 10.5 Å². The molecule has 0 amide bonds. The number of rotatable bonds is 2. The smallest absolute Gasteiger partial charge is 0.340 e. The van der Waals surface area contributed by atoms with E-state index in [1.807, 2.05) is 0 Å². The third-order valence-electron chi connectivity index (χ3n) is 1.77. The summed E-state index contributed by atoms with van der Waals surface area (Å²) < 4.78 is 17.8. The van der Waals surface area contributed by atoms with Crippen molar-refractivity contribution >= 4 is 11.7 Å². The summed E-state index contributed by atoms with van der Waals surface area (Å²) in [6.45, 7) is 3.61. The number of hydrogen-bond acceptors (Lipinski definition) is 3. The first-order valence-corrected chi connectivity index (χ1v) is 4.29. The first-order valence-electron chi connectivity index (χ1n) is 4.29. The predicted molar refractivity (Wildman–Crippen MR) is 51.5 cm³/mol. The van der Waals surface area contributed by atoms with Crippen LogP contribution in [0.4, 0.5) is 10.1 Å². The van der Waals surface area contributed by atoms with Gasteiger partial charge in [0.1, 0.15) is 5.82 Å². The molecule has 4 heteroatoms. The molecule has 0 unspecified atom stereocenters. The van der Waals surface area contributed by atoms with Gasteiger partial charge >= 0.3 is 5.97 Å². The standard InChI is InChI=1S/C10H12FNO2/c1-3-14-10(13)7-4-6(2)5-8(11)9(7)12/h4-5H,3,12H2,1-2H3. The van der Waals surface area contributed by atoms with Crippen LogP contribution in [0.3, 0.4) is 0 Å². The molecule has 0 spiro atoms. The van der Waals surface area contributed by atoms with Crippen LogP contribution in [0.2, 0.25) is 0 Å². The third kappa shape index (κ3) is 2.02. The predicted octanol–water partition coefficient (Wildman–Crippen LogP) is 1.89. The minimum atomic E-state index is -0.590. The molecule has 0 aromatic heterocycles. The van der Waals surface area contributed by atoms with Crippen LogP contribution in [-0.4, -0.2) is 12.6 Å². The Kier molecular flexibility index (Phi) is 3.06. The number of carbonyl (C=O) groups excluding carboxylic acids is 1. The minimum Gasteiger partial charge on any atom is -0.462 e. The van der Waals surface area contributed by atoms with Gasteiger partial charge in [-0.1, -0.05) is 0 Å². The molecule has 0 saturated carbocycles. The molecule has 0 radical (unpaired) electrons.